The number of aryl methyl sites for hydroxylation is 1. The monoisotopic (exact) mass is 423 g/mol. The van der Waals surface area contributed by atoms with Gasteiger partial charge in [-0.1, -0.05) is 21.1 Å². The first-order valence-electron chi connectivity index (χ1n) is 7.64. The highest BCUT2D eigenvalue weighted by molar-refractivity contribution is 9.10. The zero-order chi connectivity index (χ0) is 19.1. The molecule has 8 heteroatoms. The van der Waals surface area contributed by atoms with Crippen LogP contribution in [-0.4, -0.2) is 32.6 Å². The molecular weight excluding hydrogens is 404 g/mol. The molecule has 0 saturated carbocycles. The number of hydrogen-bond donors (Lipinski definition) is 2. The van der Waals surface area contributed by atoms with Gasteiger partial charge in [0.1, 0.15) is 5.75 Å². The van der Waals surface area contributed by atoms with E-state index in [0.717, 1.165) is 10.0 Å². The number of ether oxygens (including phenoxy) is 3. The summed E-state index contributed by atoms with van der Waals surface area (Å²) in [6.45, 7) is 1.63. The molecule has 26 heavy (non-hydrogen) atoms. The third-order valence-electron chi connectivity index (χ3n) is 3.45. The van der Waals surface area contributed by atoms with Gasteiger partial charge in [-0.05, 0) is 48.9 Å². The van der Waals surface area contributed by atoms with E-state index in [0.29, 0.717) is 22.8 Å². The zero-order valence-electron chi connectivity index (χ0n) is 14.7. The van der Waals surface area contributed by atoms with Crippen molar-refractivity contribution < 1.29 is 29.0 Å². The minimum atomic E-state index is -0.615. The normalized spacial score (nSPS) is 11.0. The predicted octanol–water partition coefficient (Wildman–Crippen LogP) is 1.10. The van der Waals surface area contributed by atoms with Crippen LogP contribution in [0.4, 0.5) is 0 Å². The van der Waals surface area contributed by atoms with E-state index >= 15 is 0 Å². The fourth-order valence-electron chi connectivity index (χ4n) is 2.12. The van der Waals surface area contributed by atoms with E-state index in [1.807, 2.05) is 19.1 Å². The Labute approximate surface area is 159 Å². The highest BCUT2D eigenvalue weighted by Crippen LogP contribution is 2.27. The first kappa shape index (κ1) is 19.6. The van der Waals surface area contributed by atoms with Crippen molar-refractivity contribution in [3.8, 4) is 17.2 Å². The molecule has 0 bridgehead atoms. The van der Waals surface area contributed by atoms with Gasteiger partial charge in [0.05, 0.1) is 19.8 Å². The van der Waals surface area contributed by atoms with Gasteiger partial charge >= 0.3 is 11.8 Å². The summed E-state index contributed by atoms with van der Waals surface area (Å²) in [5.74, 6) is 1.21. The van der Waals surface area contributed by atoms with Crippen molar-refractivity contribution in [2.45, 2.75) is 6.92 Å². The van der Waals surface area contributed by atoms with E-state index < -0.39 is 5.97 Å². The van der Waals surface area contributed by atoms with Gasteiger partial charge < -0.3 is 14.2 Å². The van der Waals surface area contributed by atoms with Gasteiger partial charge in [-0.25, -0.2) is 4.79 Å². The summed E-state index contributed by atoms with van der Waals surface area (Å²) in [5.41, 5.74) is 7.38. The van der Waals surface area contributed by atoms with Gasteiger partial charge in [-0.15, -0.1) is 0 Å². The third-order valence-corrected chi connectivity index (χ3v) is 3.95. The number of nitrogens with two attached hydrogens (primary N) is 1. The van der Waals surface area contributed by atoms with Crippen molar-refractivity contribution >= 4 is 27.7 Å². The largest absolute Gasteiger partial charge is 0.493 e. The van der Waals surface area contributed by atoms with E-state index in [9.17, 15) is 4.79 Å². The maximum absolute atomic E-state index is 11.8. The Kier molecular flexibility index (Phi) is 6.85. The van der Waals surface area contributed by atoms with Crippen LogP contribution in [0.2, 0.25) is 0 Å². The van der Waals surface area contributed by atoms with Crippen LogP contribution in [0.1, 0.15) is 11.1 Å². The molecule has 0 amide bonds. The van der Waals surface area contributed by atoms with Crippen LogP contribution in [0.3, 0.4) is 0 Å². The number of amidine groups is 1. The number of rotatable bonds is 7. The molecular formula is C18H20BrN2O5+. The molecule has 2 rings (SSSR count). The van der Waals surface area contributed by atoms with Crippen molar-refractivity contribution in [1.82, 2.24) is 0 Å². The van der Waals surface area contributed by atoms with Crippen LogP contribution in [0.5, 0.6) is 17.2 Å². The molecule has 0 saturated heterocycles. The number of hydrogen-bond acceptors (Lipinski definition) is 5. The molecule has 0 heterocycles. The predicted molar refractivity (Wildman–Crippen MR) is 99.3 cm³/mol. The van der Waals surface area contributed by atoms with Crippen molar-refractivity contribution in [1.29, 1.82) is 0 Å². The maximum Gasteiger partial charge on any atom is 0.394 e. The lowest BCUT2D eigenvalue weighted by atomic mass is 10.2. The van der Waals surface area contributed by atoms with E-state index in [1.165, 1.54) is 14.2 Å². The van der Waals surface area contributed by atoms with Crippen LogP contribution in [0.25, 0.3) is 0 Å². The smallest absolute Gasteiger partial charge is 0.394 e. The van der Waals surface area contributed by atoms with E-state index in [1.54, 1.807) is 24.3 Å². The molecule has 7 nitrogen and oxygen atoms in total. The average Bonchev–Trinajstić information content (AvgIpc) is 2.64. The molecule has 0 atom stereocenters. The second-order valence-corrected chi connectivity index (χ2v) is 6.17. The number of benzene rings is 2. The molecule has 138 valence electrons. The Morgan fingerprint density at radius 2 is 1.77 bits per heavy atom. The van der Waals surface area contributed by atoms with Crippen molar-refractivity contribution in [3.63, 3.8) is 0 Å². The summed E-state index contributed by atoms with van der Waals surface area (Å²) in [4.78, 5) is 16.7. The van der Waals surface area contributed by atoms with Crippen molar-refractivity contribution in [3.05, 3.63) is 52.0 Å². The number of carbonyl (C=O) groups is 1. The average molecular weight is 424 g/mol. The molecule has 0 aliphatic carbocycles. The van der Waals surface area contributed by atoms with Gasteiger partial charge in [0.2, 0.25) is 0 Å². The van der Waals surface area contributed by atoms with Gasteiger partial charge in [-0.3, -0.25) is 10.6 Å². The van der Waals surface area contributed by atoms with Crippen LogP contribution in [-0.2, 0) is 9.63 Å². The van der Waals surface area contributed by atoms with Gasteiger partial charge in [-0.2, -0.15) is 0 Å². The number of carbonyl (C=O) groups excluding carboxylic acids is 1. The van der Waals surface area contributed by atoms with Crippen molar-refractivity contribution in [2.75, 3.05) is 20.8 Å². The fraction of sp³-hybridized carbons (Fsp3) is 0.222. The molecule has 0 aromatic heterocycles. The topological polar surface area (TPSA) is 94.0 Å². The van der Waals surface area contributed by atoms with Crippen LogP contribution < -0.4 is 25.1 Å². The summed E-state index contributed by atoms with van der Waals surface area (Å²) >= 11 is 3.37. The fourth-order valence-corrected chi connectivity index (χ4v) is 2.59. The summed E-state index contributed by atoms with van der Waals surface area (Å²) in [6, 6.07) is 10.6. The standard InChI is InChI=1S/C18H19BrN2O5/c1-11-8-13(19)5-7-14(11)25-10-17(22)26-21-18(20)12-4-6-15(23-2)16(9-12)24-3/h4-9H,10H2,1-3H3,(H2,20,21)/p+1. The molecule has 0 unspecified atom stereocenters. The highest BCUT2D eigenvalue weighted by Gasteiger charge is 2.13. The first-order chi connectivity index (χ1) is 12.4. The minimum absolute atomic E-state index is 0.152. The Balaban J connectivity index is 1.96. The Morgan fingerprint density at radius 1 is 1.08 bits per heavy atom. The maximum atomic E-state index is 11.8. The third kappa shape index (κ3) is 5.13. The SMILES string of the molecule is COc1ccc(C(N)=[NH+]OC(=O)COc2ccc(Br)cc2C)cc1OC. The Bertz CT molecular complexity index is 823. The van der Waals surface area contributed by atoms with Gasteiger partial charge in [0, 0.05) is 4.47 Å². The summed E-state index contributed by atoms with van der Waals surface area (Å²) < 4.78 is 16.7. The highest BCUT2D eigenvalue weighted by atomic mass is 79.9. The number of nitrogens with one attached hydrogen (secondary N) is 1. The summed E-state index contributed by atoms with van der Waals surface area (Å²) in [5, 5.41) is 2.41. The molecule has 2 aromatic rings. The number of methoxy groups -OCH3 is 2. The second-order valence-electron chi connectivity index (χ2n) is 5.26. The molecule has 2 aromatic carbocycles. The Hall–Kier alpha value is -2.74. The lowest BCUT2D eigenvalue weighted by Gasteiger charge is -2.08. The van der Waals surface area contributed by atoms with Crippen LogP contribution >= 0.6 is 15.9 Å². The van der Waals surface area contributed by atoms with E-state index in [2.05, 4.69) is 21.1 Å². The summed E-state index contributed by atoms with van der Waals surface area (Å²) in [7, 11) is 3.06. The molecule has 0 radical (unpaired) electrons. The first-order valence-corrected chi connectivity index (χ1v) is 8.43. The minimum Gasteiger partial charge on any atom is -0.493 e. The van der Waals surface area contributed by atoms with Gasteiger partial charge in [0.25, 0.3) is 0 Å². The number of nitrogen functional groups attached to an aromatic ring is 1. The molecule has 3 N–H and O–H groups in total. The number of halogens is 1. The molecule has 0 fully saturated rings. The molecule has 0 spiro atoms. The quantitative estimate of drug-likeness (QED) is 0.299. The lowest BCUT2D eigenvalue weighted by molar-refractivity contribution is -0.724. The summed E-state index contributed by atoms with van der Waals surface area (Å²) in [6.07, 6.45) is 0. The second kappa shape index (κ2) is 9.10. The van der Waals surface area contributed by atoms with Crippen LogP contribution in [0, 0.1) is 6.92 Å². The van der Waals surface area contributed by atoms with Gasteiger partial charge in [0.15, 0.2) is 18.1 Å². The lowest BCUT2D eigenvalue weighted by Crippen LogP contribution is -2.76. The zero-order valence-corrected chi connectivity index (χ0v) is 16.3. The Morgan fingerprint density at radius 3 is 2.42 bits per heavy atom. The van der Waals surface area contributed by atoms with Crippen LogP contribution in [0.15, 0.2) is 40.9 Å². The van der Waals surface area contributed by atoms with E-state index in [-0.39, 0.29) is 12.4 Å². The van der Waals surface area contributed by atoms with E-state index in [4.69, 9.17) is 24.8 Å². The molecule has 0 aliphatic rings. The molecule has 0 aliphatic heterocycles. The van der Waals surface area contributed by atoms with Crippen molar-refractivity contribution in [2.24, 2.45) is 5.73 Å².